The van der Waals surface area contributed by atoms with Crippen LogP contribution in [-0.4, -0.2) is 4.57 Å². The van der Waals surface area contributed by atoms with E-state index in [1.54, 1.807) is 5.82 Å². The van der Waals surface area contributed by atoms with Gasteiger partial charge >= 0.3 is 0 Å². The Hall–Kier alpha value is -0.790. The number of hydrogen-bond donors (Lipinski definition) is 0. The Morgan fingerprint density at radius 1 is 0.459 bits per heavy atom. The van der Waals surface area contributed by atoms with Gasteiger partial charge in [-0.25, -0.2) is 9.13 Å². The highest BCUT2D eigenvalue weighted by molar-refractivity contribution is 4.84. The van der Waals surface area contributed by atoms with Crippen LogP contribution >= 0.6 is 0 Å². The summed E-state index contributed by atoms with van der Waals surface area (Å²) in [5.41, 5.74) is 0. The molecule has 1 heterocycles. The highest BCUT2D eigenvalue weighted by Gasteiger charge is 2.15. The summed E-state index contributed by atoms with van der Waals surface area (Å²) in [6.07, 6.45) is 43.3. The minimum atomic E-state index is 1.11. The van der Waals surface area contributed by atoms with Gasteiger partial charge in [-0.2, -0.15) is 0 Å². The standard InChI is InChI=1S/C35H69N2/c1-4-7-9-11-13-15-17-19-21-23-25-27-29-31-35-36(6-3)33-34-37(35)32-30-28-26-24-22-20-18-16-14-12-10-8-5-2/h33-34H,4-32H2,1-3H3/q+1. The van der Waals surface area contributed by atoms with Crippen LogP contribution in [0, 0.1) is 0 Å². The van der Waals surface area contributed by atoms with Crippen molar-refractivity contribution >= 4 is 0 Å². The topological polar surface area (TPSA) is 8.81 Å². The minimum Gasteiger partial charge on any atom is -0.235 e. The molecule has 0 aliphatic heterocycles. The number of unbranched alkanes of at least 4 members (excludes halogenated alkanes) is 24. The second-order valence-corrected chi connectivity index (χ2v) is 11.9. The predicted molar refractivity (Wildman–Crippen MR) is 165 cm³/mol. The van der Waals surface area contributed by atoms with E-state index in [0.717, 1.165) is 6.54 Å². The highest BCUT2D eigenvalue weighted by Crippen LogP contribution is 2.15. The van der Waals surface area contributed by atoms with Crippen LogP contribution in [0.3, 0.4) is 0 Å². The highest BCUT2D eigenvalue weighted by atomic mass is 15.1. The van der Waals surface area contributed by atoms with Gasteiger partial charge in [0.25, 0.3) is 5.82 Å². The van der Waals surface area contributed by atoms with Gasteiger partial charge in [-0.1, -0.05) is 162 Å². The van der Waals surface area contributed by atoms with Crippen molar-refractivity contribution in [2.75, 3.05) is 0 Å². The van der Waals surface area contributed by atoms with E-state index >= 15 is 0 Å². The lowest BCUT2D eigenvalue weighted by Gasteiger charge is -2.06. The van der Waals surface area contributed by atoms with Gasteiger partial charge in [0.1, 0.15) is 12.4 Å². The molecule has 0 fully saturated rings. The lowest BCUT2D eigenvalue weighted by molar-refractivity contribution is -0.700. The van der Waals surface area contributed by atoms with Crippen LogP contribution in [0.2, 0.25) is 0 Å². The number of aryl methyl sites for hydroxylation is 2. The van der Waals surface area contributed by atoms with E-state index < -0.39 is 0 Å². The molecule has 2 heteroatoms. The fourth-order valence-corrected chi connectivity index (χ4v) is 5.88. The zero-order valence-corrected chi connectivity index (χ0v) is 26.1. The first-order valence-electron chi connectivity index (χ1n) is 17.4. The number of aromatic nitrogens is 2. The second kappa shape index (κ2) is 26.8. The molecule has 0 unspecified atom stereocenters. The van der Waals surface area contributed by atoms with Crippen LogP contribution in [0.25, 0.3) is 0 Å². The summed E-state index contributed by atoms with van der Waals surface area (Å²) in [6, 6.07) is 0. The smallest absolute Gasteiger partial charge is 0.235 e. The largest absolute Gasteiger partial charge is 0.256 e. The van der Waals surface area contributed by atoms with Crippen molar-refractivity contribution in [1.82, 2.24) is 4.57 Å². The summed E-state index contributed by atoms with van der Waals surface area (Å²) < 4.78 is 5.06. The Balaban J connectivity index is 2.01. The zero-order chi connectivity index (χ0) is 26.7. The van der Waals surface area contributed by atoms with Gasteiger partial charge in [0.05, 0.1) is 13.1 Å². The number of hydrogen-bond acceptors (Lipinski definition) is 0. The maximum absolute atomic E-state index is 2.57. The minimum absolute atomic E-state index is 1.11. The quantitative estimate of drug-likeness (QED) is 0.0737. The first-order valence-corrected chi connectivity index (χ1v) is 17.4. The average Bonchev–Trinajstić information content (AvgIpc) is 3.31. The van der Waals surface area contributed by atoms with Crippen molar-refractivity contribution in [2.45, 2.75) is 207 Å². The molecule has 0 bridgehead atoms. The molecule has 0 saturated heterocycles. The summed E-state index contributed by atoms with van der Waals surface area (Å²) in [7, 11) is 0. The van der Waals surface area contributed by atoms with Crippen molar-refractivity contribution in [1.29, 1.82) is 0 Å². The molecule has 0 atom stereocenters. The number of nitrogens with zero attached hydrogens (tertiary/aromatic N) is 2. The van der Waals surface area contributed by atoms with Crippen molar-refractivity contribution in [3.8, 4) is 0 Å². The Labute approximate surface area is 234 Å². The van der Waals surface area contributed by atoms with Crippen LogP contribution in [0.4, 0.5) is 0 Å². The number of imidazole rings is 1. The lowest BCUT2D eigenvalue weighted by atomic mass is 10.0. The molecule has 0 aliphatic rings. The maximum Gasteiger partial charge on any atom is 0.256 e. The van der Waals surface area contributed by atoms with E-state index in [0.29, 0.717) is 0 Å². The third-order valence-corrected chi connectivity index (χ3v) is 8.44. The van der Waals surface area contributed by atoms with Crippen LogP contribution in [0.5, 0.6) is 0 Å². The summed E-state index contributed by atoms with van der Waals surface area (Å²) in [5.74, 6) is 1.57. The summed E-state index contributed by atoms with van der Waals surface area (Å²) in [6.45, 7) is 9.24. The first kappa shape index (κ1) is 34.2. The molecule has 0 saturated carbocycles. The van der Waals surface area contributed by atoms with Gasteiger partial charge in [0.2, 0.25) is 0 Å². The molecule has 1 rings (SSSR count). The molecule has 0 spiro atoms. The molecule has 2 nitrogen and oxygen atoms in total. The van der Waals surface area contributed by atoms with E-state index in [1.807, 2.05) is 0 Å². The lowest BCUT2D eigenvalue weighted by Crippen LogP contribution is -2.36. The maximum atomic E-state index is 2.57. The monoisotopic (exact) mass is 518 g/mol. The Kier molecular flexibility index (Phi) is 24.8. The molecule has 37 heavy (non-hydrogen) atoms. The Morgan fingerprint density at radius 3 is 1.19 bits per heavy atom. The SMILES string of the molecule is CCCCCCCCCCCCCCCc1n(CCCCCCCCCCCCCCC)cc[n+]1CC. The second-order valence-electron chi connectivity index (χ2n) is 11.9. The summed E-state index contributed by atoms with van der Waals surface area (Å²) in [4.78, 5) is 0. The van der Waals surface area contributed by atoms with Crippen molar-refractivity contribution < 1.29 is 4.57 Å². The predicted octanol–water partition coefficient (Wildman–Crippen LogP) is 11.5. The molecule has 218 valence electrons. The van der Waals surface area contributed by atoms with Gasteiger partial charge in [-0.3, -0.25) is 0 Å². The Morgan fingerprint density at radius 2 is 0.811 bits per heavy atom. The van der Waals surface area contributed by atoms with E-state index in [2.05, 4.69) is 42.3 Å². The van der Waals surface area contributed by atoms with Gasteiger partial charge in [-0.05, 0) is 26.2 Å². The molecular formula is C35H69N2+. The van der Waals surface area contributed by atoms with E-state index in [4.69, 9.17) is 0 Å². The molecule has 1 aromatic rings. The molecule has 0 amide bonds. The molecule has 0 aliphatic carbocycles. The van der Waals surface area contributed by atoms with Crippen molar-refractivity contribution in [2.24, 2.45) is 0 Å². The molecule has 0 aromatic carbocycles. The van der Waals surface area contributed by atoms with Gasteiger partial charge in [-0.15, -0.1) is 0 Å². The third kappa shape index (κ3) is 19.9. The Bertz CT molecular complexity index is 576. The first-order chi connectivity index (χ1) is 18.3. The average molecular weight is 518 g/mol. The van der Waals surface area contributed by atoms with Gasteiger partial charge < -0.3 is 0 Å². The van der Waals surface area contributed by atoms with Crippen LogP contribution in [0.1, 0.15) is 194 Å². The fourth-order valence-electron chi connectivity index (χ4n) is 5.88. The summed E-state index contributed by atoms with van der Waals surface area (Å²) >= 11 is 0. The normalized spacial score (nSPS) is 11.5. The van der Waals surface area contributed by atoms with Crippen molar-refractivity contribution in [3.05, 3.63) is 18.2 Å². The molecule has 1 aromatic heterocycles. The molecular weight excluding hydrogens is 448 g/mol. The third-order valence-electron chi connectivity index (χ3n) is 8.44. The van der Waals surface area contributed by atoms with Crippen molar-refractivity contribution in [3.63, 3.8) is 0 Å². The zero-order valence-electron chi connectivity index (χ0n) is 26.1. The fraction of sp³-hybridized carbons (Fsp3) is 0.914. The van der Waals surface area contributed by atoms with E-state index in [1.165, 1.54) is 180 Å². The van der Waals surface area contributed by atoms with Gasteiger partial charge in [0.15, 0.2) is 0 Å². The van der Waals surface area contributed by atoms with Crippen LogP contribution < -0.4 is 4.57 Å². The van der Waals surface area contributed by atoms with Crippen LogP contribution in [0.15, 0.2) is 12.4 Å². The molecule has 0 N–H and O–H groups in total. The molecule has 0 radical (unpaired) electrons. The number of rotatable bonds is 29. The summed E-state index contributed by atoms with van der Waals surface area (Å²) in [5, 5.41) is 0. The van der Waals surface area contributed by atoms with E-state index in [-0.39, 0.29) is 0 Å². The van der Waals surface area contributed by atoms with E-state index in [9.17, 15) is 0 Å². The van der Waals surface area contributed by atoms with Crippen LogP contribution in [-0.2, 0) is 19.5 Å². The van der Waals surface area contributed by atoms with Gasteiger partial charge in [0, 0.05) is 6.42 Å².